The highest BCUT2D eigenvalue weighted by atomic mass is 35.5. The van der Waals surface area contributed by atoms with Crippen LogP contribution in [-0.2, 0) is 6.54 Å². The lowest BCUT2D eigenvalue weighted by molar-refractivity contribution is 0.216. The molecule has 1 aromatic heterocycles. The van der Waals surface area contributed by atoms with Crippen LogP contribution in [0.1, 0.15) is 32.3 Å². The molecule has 0 bridgehead atoms. The molecule has 1 saturated heterocycles. The van der Waals surface area contributed by atoms with Gasteiger partial charge in [-0.25, -0.2) is 4.98 Å². The molecule has 1 N–H and O–H groups in total. The molecule has 0 saturated carbocycles. The smallest absolute Gasteiger partial charge is 0.129 e. The van der Waals surface area contributed by atoms with Crippen LogP contribution in [0.4, 0.5) is 0 Å². The largest absolute Gasteiger partial charge is 0.313 e. The first kappa shape index (κ1) is 14.8. The topological polar surface area (TPSA) is 28.2 Å². The van der Waals surface area contributed by atoms with Gasteiger partial charge in [0.05, 0.1) is 0 Å². The maximum Gasteiger partial charge on any atom is 0.129 e. The molecular formula is C15H24ClN3. The zero-order valence-corrected chi connectivity index (χ0v) is 12.7. The highest BCUT2D eigenvalue weighted by Crippen LogP contribution is 2.14. The molecule has 0 spiro atoms. The highest BCUT2D eigenvalue weighted by molar-refractivity contribution is 6.29. The van der Waals surface area contributed by atoms with Crippen molar-refractivity contribution in [2.24, 2.45) is 5.92 Å². The van der Waals surface area contributed by atoms with Crippen LogP contribution < -0.4 is 5.32 Å². The van der Waals surface area contributed by atoms with E-state index in [2.05, 4.69) is 35.1 Å². The Kier molecular flexibility index (Phi) is 5.61. The van der Waals surface area contributed by atoms with Crippen LogP contribution in [-0.4, -0.2) is 35.6 Å². The maximum absolute atomic E-state index is 5.96. The normalized spacial score (nSPS) is 19.5. The predicted molar refractivity (Wildman–Crippen MR) is 80.4 cm³/mol. The monoisotopic (exact) mass is 281 g/mol. The van der Waals surface area contributed by atoms with E-state index < -0.39 is 0 Å². The van der Waals surface area contributed by atoms with Crippen molar-refractivity contribution in [1.29, 1.82) is 0 Å². The number of hydrogen-bond donors (Lipinski definition) is 1. The molecule has 3 nitrogen and oxygen atoms in total. The van der Waals surface area contributed by atoms with E-state index in [0.29, 0.717) is 17.1 Å². The Balaban J connectivity index is 1.96. The fourth-order valence-corrected chi connectivity index (χ4v) is 2.94. The Hall–Kier alpha value is -0.640. The molecule has 0 radical (unpaired) electrons. The molecule has 2 rings (SSSR count). The van der Waals surface area contributed by atoms with Gasteiger partial charge in [-0.15, -0.1) is 0 Å². The van der Waals surface area contributed by atoms with Crippen molar-refractivity contribution in [3.8, 4) is 0 Å². The number of pyridine rings is 1. The van der Waals surface area contributed by atoms with Gasteiger partial charge >= 0.3 is 0 Å². The third-order valence-corrected chi connectivity index (χ3v) is 3.67. The summed E-state index contributed by atoms with van der Waals surface area (Å²) in [6.07, 6.45) is 4.39. The first-order valence-electron chi connectivity index (χ1n) is 7.19. The summed E-state index contributed by atoms with van der Waals surface area (Å²) in [5.74, 6) is 0.679. The molecule has 1 atom stereocenters. The predicted octanol–water partition coefficient (Wildman–Crippen LogP) is 2.95. The van der Waals surface area contributed by atoms with Crippen LogP contribution >= 0.6 is 11.6 Å². The lowest BCUT2D eigenvalue weighted by Crippen LogP contribution is -2.38. The molecule has 0 aliphatic carbocycles. The number of nitrogens with zero attached hydrogens (tertiary/aromatic N) is 2. The van der Waals surface area contributed by atoms with Gasteiger partial charge < -0.3 is 5.32 Å². The Morgan fingerprint density at radius 3 is 3.00 bits per heavy atom. The van der Waals surface area contributed by atoms with Gasteiger partial charge in [-0.1, -0.05) is 25.4 Å². The number of hydrogen-bond acceptors (Lipinski definition) is 3. The summed E-state index contributed by atoms with van der Waals surface area (Å²) < 4.78 is 0. The van der Waals surface area contributed by atoms with E-state index >= 15 is 0 Å². The number of rotatable bonds is 6. The molecule has 106 valence electrons. The van der Waals surface area contributed by atoms with E-state index in [4.69, 9.17) is 11.6 Å². The van der Waals surface area contributed by atoms with Crippen molar-refractivity contribution in [3.63, 3.8) is 0 Å². The molecule has 1 fully saturated rings. The molecule has 1 aromatic rings. The van der Waals surface area contributed by atoms with Crippen molar-refractivity contribution in [1.82, 2.24) is 15.2 Å². The van der Waals surface area contributed by atoms with Crippen molar-refractivity contribution in [2.75, 3.05) is 19.6 Å². The van der Waals surface area contributed by atoms with Crippen LogP contribution in [0.3, 0.4) is 0 Å². The van der Waals surface area contributed by atoms with Crippen LogP contribution in [0.25, 0.3) is 0 Å². The molecule has 1 aliphatic heterocycles. The zero-order chi connectivity index (χ0) is 13.7. The minimum atomic E-state index is 0.584. The Morgan fingerprint density at radius 1 is 1.53 bits per heavy atom. The second kappa shape index (κ2) is 7.22. The fourth-order valence-electron chi connectivity index (χ4n) is 2.74. The summed E-state index contributed by atoms with van der Waals surface area (Å²) in [4.78, 5) is 6.57. The number of aromatic nitrogens is 1. The van der Waals surface area contributed by atoms with E-state index in [9.17, 15) is 0 Å². The van der Waals surface area contributed by atoms with Gasteiger partial charge in [-0.3, -0.25) is 4.90 Å². The standard InChI is InChI=1S/C15H24ClN3/c1-12(2)9-19(11-14-4-3-6-17-14)10-13-5-7-18-15(16)8-13/h5,7-8,12,14,17H,3-4,6,9-11H2,1-2H3. The summed E-state index contributed by atoms with van der Waals surface area (Å²) >= 11 is 5.96. The lowest BCUT2D eigenvalue weighted by Gasteiger charge is -2.27. The molecule has 2 heterocycles. The summed E-state index contributed by atoms with van der Waals surface area (Å²) in [6, 6.07) is 4.68. The molecule has 0 amide bonds. The lowest BCUT2D eigenvalue weighted by atomic mass is 10.1. The van der Waals surface area contributed by atoms with Crippen LogP contribution in [0.5, 0.6) is 0 Å². The van der Waals surface area contributed by atoms with Gasteiger partial charge in [-0.05, 0) is 43.0 Å². The quantitative estimate of drug-likeness (QED) is 0.813. The zero-order valence-electron chi connectivity index (χ0n) is 11.9. The number of nitrogens with one attached hydrogen (secondary N) is 1. The molecule has 0 aromatic carbocycles. The highest BCUT2D eigenvalue weighted by Gasteiger charge is 2.18. The second-order valence-electron chi connectivity index (χ2n) is 5.87. The van der Waals surface area contributed by atoms with E-state index in [1.807, 2.05) is 6.07 Å². The Morgan fingerprint density at radius 2 is 2.37 bits per heavy atom. The van der Waals surface area contributed by atoms with Crippen molar-refractivity contribution < 1.29 is 0 Å². The average Bonchev–Trinajstić information content (AvgIpc) is 2.80. The van der Waals surface area contributed by atoms with Crippen molar-refractivity contribution in [2.45, 2.75) is 39.3 Å². The summed E-state index contributed by atoms with van der Waals surface area (Å²) in [5.41, 5.74) is 1.25. The number of halogens is 1. The van der Waals surface area contributed by atoms with Gasteiger partial charge in [0.15, 0.2) is 0 Å². The van der Waals surface area contributed by atoms with Gasteiger partial charge in [-0.2, -0.15) is 0 Å². The average molecular weight is 282 g/mol. The van der Waals surface area contributed by atoms with E-state index in [0.717, 1.165) is 19.6 Å². The molecule has 1 unspecified atom stereocenters. The Labute approximate surface area is 121 Å². The summed E-state index contributed by atoms with van der Waals surface area (Å²) in [6.45, 7) is 8.92. The van der Waals surface area contributed by atoms with Crippen molar-refractivity contribution in [3.05, 3.63) is 29.0 Å². The summed E-state index contributed by atoms with van der Waals surface area (Å²) in [5, 5.41) is 4.16. The van der Waals surface area contributed by atoms with E-state index in [1.165, 1.54) is 24.9 Å². The Bertz CT molecular complexity index is 389. The van der Waals surface area contributed by atoms with Crippen molar-refractivity contribution >= 4 is 11.6 Å². The third kappa shape index (κ3) is 5.09. The van der Waals surface area contributed by atoms with Gasteiger partial charge in [0.25, 0.3) is 0 Å². The van der Waals surface area contributed by atoms with Crippen LogP contribution in [0.15, 0.2) is 18.3 Å². The minimum absolute atomic E-state index is 0.584. The SMILES string of the molecule is CC(C)CN(Cc1ccnc(Cl)c1)CC1CCCN1. The first-order chi connectivity index (χ1) is 9.13. The van der Waals surface area contributed by atoms with Gasteiger partial charge in [0.1, 0.15) is 5.15 Å². The molecule has 4 heteroatoms. The van der Waals surface area contributed by atoms with Crippen LogP contribution in [0.2, 0.25) is 5.15 Å². The minimum Gasteiger partial charge on any atom is -0.313 e. The first-order valence-corrected chi connectivity index (χ1v) is 7.57. The van der Waals surface area contributed by atoms with Gasteiger partial charge in [0, 0.05) is 31.9 Å². The van der Waals surface area contributed by atoms with Crippen LogP contribution in [0, 0.1) is 5.92 Å². The third-order valence-electron chi connectivity index (χ3n) is 3.46. The maximum atomic E-state index is 5.96. The summed E-state index contributed by atoms with van der Waals surface area (Å²) in [7, 11) is 0. The van der Waals surface area contributed by atoms with E-state index in [1.54, 1.807) is 6.20 Å². The molecular weight excluding hydrogens is 258 g/mol. The molecule has 19 heavy (non-hydrogen) atoms. The van der Waals surface area contributed by atoms with E-state index in [-0.39, 0.29) is 0 Å². The second-order valence-corrected chi connectivity index (χ2v) is 6.26. The fraction of sp³-hybridized carbons (Fsp3) is 0.667. The van der Waals surface area contributed by atoms with Gasteiger partial charge in [0.2, 0.25) is 0 Å². The molecule has 1 aliphatic rings.